The Kier molecular flexibility index (Phi) is 6.37. The van der Waals surface area contributed by atoms with Crippen LogP contribution in [0, 0.1) is 6.92 Å². The van der Waals surface area contributed by atoms with Crippen LogP contribution in [0.3, 0.4) is 0 Å². The van der Waals surface area contributed by atoms with E-state index in [0.29, 0.717) is 16.3 Å². The lowest BCUT2D eigenvalue weighted by Gasteiger charge is -2.27. The normalized spacial score (nSPS) is 15.8. The van der Waals surface area contributed by atoms with Crippen molar-refractivity contribution in [1.82, 2.24) is 10.4 Å². The first kappa shape index (κ1) is 21.3. The second kappa shape index (κ2) is 8.96. The zero-order chi connectivity index (χ0) is 21.8. The van der Waals surface area contributed by atoms with Gasteiger partial charge in [0.25, 0.3) is 11.8 Å². The molecule has 9 heteroatoms. The molecule has 0 radical (unpaired) electrons. The molecule has 1 saturated heterocycles. The van der Waals surface area contributed by atoms with Gasteiger partial charge in [-0.25, -0.2) is 20.1 Å². The molecule has 8 nitrogen and oxygen atoms in total. The minimum Gasteiger partial charge on any atom is -0.449 e. The molecule has 0 saturated carbocycles. The Morgan fingerprint density at radius 2 is 1.90 bits per heavy atom. The van der Waals surface area contributed by atoms with Crippen molar-refractivity contribution >= 4 is 41.1 Å². The number of amides is 4. The first-order valence-electron chi connectivity index (χ1n) is 9.28. The average Bonchev–Trinajstić information content (AvgIpc) is 3.02. The van der Waals surface area contributed by atoms with Gasteiger partial charge in [-0.2, -0.15) is 0 Å². The molecule has 1 aliphatic heterocycles. The fraction of sp³-hybridized carbons (Fsp3) is 0.238. The van der Waals surface area contributed by atoms with Crippen LogP contribution >= 0.6 is 11.6 Å². The Morgan fingerprint density at radius 3 is 2.57 bits per heavy atom. The third-order valence-electron chi connectivity index (χ3n) is 4.57. The Hall–Kier alpha value is -3.39. The van der Waals surface area contributed by atoms with E-state index in [1.54, 1.807) is 56.3 Å². The Morgan fingerprint density at radius 1 is 1.20 bits per heavy atom. The maximum atomic E-state index is 13.2. The molecule has 0 aromatic heterocycles. The summed E-state index contributed by atoms with van der Waals surface area (Å²) in [5, 5.41) is 1.22. The van der Waals surface area contributed by atoms with E-state index in [1.807, 2.05) is 0 Å². The molecule has 30 heavy (non-hydrogen) atoms. The number of hydrogen-bond acceptors (Lipinski definition) is 5. The van der Waals surface area contributed by atoms with Crippen molar-refractivity contribution in [2.75, 3.05) is 11.5 Å². The van der Waals surface area contributed by atoms with Crippen LogP contribution in [0.2, 0.25) is 5.02 Å². The van der Waals surface area contributed by atoms with Crippen LogP contribution in [-0.4, -0.2) is 41.5 Å². The molecule has 0 bridgehead atoms. The number of halogens is 1. The lowest BCUT2D eigenvalue weighted by molar-refractivity contribution is -0.122. The molecule has 1 heterocycles. The number of anilines is 1. The van der Waals surface area contributed by atoms with Crippen LogP contribution in [0.25, 0.3) is 0 Å². The lowest BCUT2D eigenvalue weighted by atomic mass is 10.1. The number of benzene rings is 2. The Labute approximate surface area is 178 Å². The molecule has 0 aliphatic carbocycles. The monoisotopic (exact) mass is 429 g/mol. The van der Waals surface area contributed by atoms with Gasteiger partial charge in [0, 0.05) is 10.6 Å². The minimum atomic E-state index is -1.23. The van der Waals surface area contributed by atoms with Crippen molar-refractivity contribution in [1.29, 1.82) is 0 Å². The second-order valence-electron chi connectivity index (χ2n) is 6.59. The predicted octanol–water partition coefficient (Wildman–Crippen LogP) is 3.08. The van der Waals surface area contributed by atoms with E-state index >= 15 is 0 Å². The van der Waals surface area contributed by atoms with Crippen molar-refractivity contribution in [2.45, 2.75) is 26.3 Å². The van der Waals surface area contributed by atoms with Gasteiger partial charge in [0.05, 0.1) is 18.7 Å². The summed E-state index contributed by atoms with van der Waals surface area (Å²) in [4.78, 5) is 51.9. The third kappa shape index (κ3) is 4.28. The number of nitrogens with one attached hydrogen (secondary N) is 1. The summed E-state index contributed by atoms with van der Waals surface area (Å²) in [5.74, 6) is -1.79. The summed E-state index contributed by atoms with van der Waals surface area (Å²) in [6.07, 6.45) is -1.20. The number of rotatable bonds is 4. The third-order valence-corrected chi connectivity index (χ3v) is 4.81. The van der Waals surface area contributed by atoms with E-state index in [0.717, 1.165) is 9.91 Å². The zero-order valence-electron chi connectivity index (χ0n) is 16.4. The minimum absolute atomic E-state index is 0.0740. The summed E-state index contributed by atoms with van der Waals surface area (Å²) in [5.41, 5.74) is 3.55. The molecule has 4 amide bonds. The highest BCUT2D eigenvalue weighted by Crippen LogP contribution is 2.30. The molecular formula is C21H20ClN3O5. The first-order valence-corrected chi connectivity index (χ1v) is 9.66. The van der Waals surface area contributed by atoms with Crippen LogP contribution in [-0.2, 0) is 14.3 Å². The standard InChI is InChI=1S/C21H20ClN3O5/c1-3-30-21(29)23-25(19(27)14-7-5-4-6-8-14)17-12-18(26)24(20(17)28)16-11-15(22)10-9-13(16)2/h4-11,17H,3,12H2,1-2H3,(H,23,29). The molecular weight excluding hydrogens is 410 g/mol. The van der Waals surface area contributed by atoms with E-state index in [1.165, 1.54) is 6.07 Å². The lowest BCUT2D eigenvalue weighted by Crippen LogP contribution is -2.54. The van der Waals surface area contributed by atoms with Gasteiger partial charge in [0.2, 0.25) is 5.91 Å². The highest BCUT2D eigenvalue weighted by Gasteiger charge is 2.46. The summed E-state index contributed by atoms with van der Waals surface area (Å²) in [6.45, 7) is 3.42. The van der Waals surface area contributed by atoms with E-state index < -0.39 is 29.9 Å². The molecule has 2 aromatic carbocycles. The summed E-state index contributed by atoms with van der Waals surface area (Å²) in [7, 11) is 0. The van der Waals surface area contributed by atoms with Gasteiger partial charge in [-0.1, -0.05) is 35.9 Å². The zero-order valence-corrected chi connectivity index (χ0v) is 17.2. The molecule has 1 atom stereocenters. The fourth-order valence-corrected chi connectivity index (χ4v) is 3.31. The largest absolute Gasteiger partial charge is 0.449 e. The number of ether oxygens (including phenoxy) is 1. The van der Waals surface area contributed by atoms with Gasteiger partial charge in [-0.3, -0.25) is 14.4 Å². The number of carbonyl (C=O) groups is 4. The smallest absolute Gasteiger partial charge is 0.426 e. The van der Waals surface area contributed by atoms with Crippen molar-refractivity contribution in [3.8, 4) is 0 Å². The maximum absolute atomic E-state index is 13.2. The number of hydrogen-bond donors (Lipinski definition) is 1. The van der Waals surface area contributed by atoms with Gasteiger partial charge in [0.1, 0.15) is 6.04 Å². The molecule has 156 valence electrons. The highest BCUT2D eigenvalue weighted by atomic mass is 35.5. The number of carbonyl (C=O) groups excluding carboxylic acids is 4. The molecule has 3 rings (SSSR count). The maximum Gasteiger partial charge on any atom is 0.426 e. The molecule has 1 unspecified atom stereocenters. The quantitative estimate of drug-likeness (QED) is 0.595. The molecule has 1 aliphatic rings. The number of aryl methyl sites for hydroxylation is 1. The van der Waals surface area contributed by atoms with E-state index in [-0.39, 0.29) is 18.6 Å². The second-order valence-corrected chi connectivity index (χ2v) is 7.03. The van der Waals surface area contributed by atoms with E-state index in [4.69, 9.17) is 16.3 Å². The topological polar surface area (TPSA) is 96.0 Å². The number of imide groups is 1. The Bertz CT molecular complexity index is 995. The molecule has 2 aromatic rings. The van der Waals surface area contributed by atoms with Crippen LogP contribution in [0.5, 0.6) is 0 Å². The van der Waals surface area contributed by atoms with Crippen LogP contribution in [0.4, 0.5) is 10.5 Å². The summed E-state index contributed by atoms with van der Waals surface area (Å²) < 4.78 is 4.86. The number of hydrazine groups is 1. The Balaban J connectivity index is 1.96. The van der Waals surface area contributed by atoms with Gasteiger partial charge in [-0.15, -0.1) is 0 Å². The molecule has 1 N–H and O–H groups in total. The van der Waals surface area contributed by atoms with Gasteiger partial charge in [0.15, 0.2) is 0 Å². The summed E-state index contributed by atoms with van der Waals surface area (Å²) >= 11 is 6.04. The number of nitrogens with zero attached hydrogens (tertiary/aromatic N) is 2. The average molecular weight is 430 g/mol. The van der Waals surface area contributed by atoms with Gasteiger partial charge in [-0.05, 0) is 43.7 Å². The highest BCUT2D eigenvalue weighted by molar-refractivity contribution is 6.31. The van der Waals surface area contributed by atoms with Crippen molar-refractivity contribution in [3.63, 3.8) is 0 Å². The van der Waals surface area contributed by atoms with Crippen LogP contribution in [0.1, 0.15) is 29.3 Å². The molecule has 0 spiro atoms. The van der Waals surface area contributed by atoms with E-state index in [2.05, 4.69) is 5.43 Å². The predicted molar refractivity (Wildman–Crippen MR) is 110 cm³/mol. The van der Waals surface area contributed by atoms with Gasteiger partial charge >= 0.3 is 6.09 Å². The van der Waals surface area contributed by atoms with Crippen LogP contribution in [0.15, 0.2) is 48.5 Å². The van der Waals surface area contributed by atoms with Gasteiger partial charge < -0.3 is 4.74 Å². The van der Waals surface area contributed by atoms with E-state index in [9.17, 15) is 19.2 Å². The SMILES string of the molecule is CCOC(=O)NN(C(=O)c1ccccc1)C1CC(=O)N(c2cc(Cl)ccc2C)C1=O. The first-order chi connectivity index (χ1) is 14.3. The fourth-order valence-electron chi connectivity index (χ4n) is 3.15. The van der Waals surface area contributed by atoms with Crippen molar-refractivity contribution in [3.05, 3.63) is 64.7 Å². The summed E-state index contributed by atoms with van der Waals surface area (Å²) in [6, 6.07) is 11.7. The van der Waals surface area contributed by atoms with Crippen molar-refractivity contribution in [2.24, 2.45) is 0 Å². The molecule has 1 fully saturated rings. The van der Waals surface area contributed by atoms with Crippen molar-refractivity contribution < 1.29 is 23.9 Å². The van der Waals surface area contributed by atoms with Crippen LogP contribution < -0.4 is 10.3 Å².